The third-order valence-electron chi connectivity index (χ3n) is 5.22. The van der Waals surface area contributed by atoms with Crippen molar-refractivity contribution in [3.05, 3.63) is 41.9 Å². The zero-order chi connectivity index (χ0) is 19.5. The van der Waals surface area contributed by atoms with Crippen molar-refractivity contribution in [1.82, 2.24) is 15.3 Å². The number of hydrogen-bond acceptors (Lipinski definition) is 7. The molecule has 2 aliphatic heterocycles. The number of thiazole rings is 1. The number of para-hydroxylation sites is 1. The number of likely N-dealkylation sites (tertiary alicyclic amines) is 1. The summed E-state index contributed by atoms with van der Waals surface area (Å²) in [5.74, 6) is -0.803. The van der Waals surface area contributed by atoms with E-state index < -0.39 is 0 Å². The number of benzene rings is 1. The van der Waals surface area contributed by atoms with E-state index in [0.29, 0.717) is 31.4 Å². The molecule has 0 aliphatic carbocycles. The summed E-state index contributed by atoms with van der Waals surface area (Å²) in [4.78, 5) is 32.4. The van der Waals surface area contributed by atoms with Crippen LogP contribution >= 0.6 is 11.3 Å². The van der Waals surface area contributed by atoms with E-state index in [-0.39, 0.29) is 29.7 Å². The molecule has 9 heteroatoms. The highest BCUT2D eigenvalue weighted by atomic mass is 32.1. The minimum atomic E-state index is -0.378. The Morgan fingerprint density at radius 3 is 2.89 bits per heavy atom. The van der Waals surface area contributed by atoms with Gasteiger partial charge in [0, 0.05) is 38.3 Å². The van der Waals surface area contributed by atoms with E-state index in [0.717, 1.165) is 5.69 Å². The number of rotatable bonds is 6. The van der Waals surface area contributed by atoms with Gasteiger partial charge in [0.25, 0.3) is 0 Å². The fourth-order valence-electron chi connectivity index (χ4n) is 3.84. The molecule has 2 amide bonds. The Bertz CT molecular complexity index is 816. The number of methoxy groups -OCH3 is 1. The minimum absolute atomic E-state index is 0.00892. The molecule has 1 aromatic carbocycles. The number of amides is 2. The highest BCUT2D eigenvalue weighted by Crippen LogP contribution is 2.32. The Morgan fingerprint density at radius 1 is 1.36 bits per heavy atom. The summed E-state index contributed by atoms with van der Waals surface area (Å²) in [6.45, 7) is 2.40. The van der Waals surface area contributed by atoms with Crippen molar-refractivity contribution in [3.63, 3.8) is 0 Å². The third kappa shape index (κ3) is 3.79. The van der Waals surface area contributed by atoms with Crippen molar-refractivity contribution in [3.8, 4) is 0 Å². The molecule has 0 radical (unpaired) electrons. The first-order valence-electron chi connectivity index (χ1n) is 9.24. The molecule has 0 bridgehead atoms. The number of aromatic nitrogens is 1. The predicted molar refractivity (Wildman–Crippen MR) is 107 cm³/mol. The summed E-state index contributed by atoms with van der Waals surface area (Å²) < 4.78 is 5.19. The lowest BCUT2D eigenvalue weighted by atomic mass is 9.84. The van der Waals surface area contributed by atoms with Crippen LogP contribution in [0.25, 0.3) is 0 Å². The van der Waals surface area contributed by atoms with Crippen LogP contribution in [-0.2, 0) is 14.3 Å². The van der Waals surface area contributed by atoms with Gasteiger partial charge in [-0.1, -0.05) is 18.2 Å². The van der Waals surface area contributed by atoms with Gasteiger partial charge in [0.1, 0.15) is 0 Å². The van der Waals surface area contributed by atoms with Crippen LogP contribution in [0.3, 0.4) is 0 Å². The second kappa shape index (κ2) is 8.36. The van der Waals surface area contributed by atoms with Gasteiger partial charge in [-0.25, -0.2) is 15.4 Å². The number of piperidine rings is 1. The Labute approximate surface area is 167 Å². The van der Waals surface area contributed by atoms with Gasteiger partial charge in [-0.05, 0) is 12.1 Å². The average Bonchev–Trinajstić information content (AvgIpc) is 3.34. The van der Waals surface area contributed by atoms with E-state index in [1.54, 1.807) is 18.3 Å². The number of hydrazine groups is 1. The van der Waals surface area contributed by atoms with Gasteiger partial charge in [0.05, 0.1) is 30.2 Å². The molecular weight excluding hydrogens is 378 g/mol. The number of anilines is 2. The minimum Gasteiger partial charge on any atom is -0.383 e. The second-order valence-corrected chi connectivity index (χ2v) is 7.85. The van der Waals surface area contributed by atoms with Crippen LogP contribution in [0.4, 0.5) is 10.8 Å². The molecule has 148 valence electrons. The Morgan fingerprint density at radius 2 is 2.18 bits per heavy atom. The average molecular weight is 401 g/mol. The van der Waals surface area contributed by atoms with Crippen molar-refractivity contribution < 1.29 is 14.3 Å². The summed E-state index contributed by atoms with van der Waals surface area (Å²) in [6.07, 6.45) is 1.66. The molecule has 4 rings (SSSR count). The van der Waals surface area contributed by atoms with Gasteiger partial charge in [0.2, 0.25) is 11.8 Å². The molecule has 0 spiro atoms. The number of carbonyl (C=O) groups is 2. The van der Waals surface area contributed by atoms with Crippen molar-refractivity contribution in [2.75, 3.05) is 43.7 Å². The fraction of sp³-hybridized carbons (Fsp3) is 0.421. The molecular formula is C19H23N5O3S. The van der Waals surface area contributed by atoms with E-state index in [2.05, 4.69) is 20.6 Å². The largest absolute Gasteiger partial charge is 0.383 e. The first-order valence-corrected chi connectivity index (χ1v) is 10.1. The summed E-state index contributed by atoms with van der Waals surface area (Å²) in [5, 5.41) is 6.86. The van der Waals surface area contributed by atoms with Crippen LogP contribution in [0.2, 0.25) is 0 Å². The monoisotopic (exact) mass is 401 g/mol. The zero-order valence-electron chi connectivity index (χ0n) is 15.6. The molecule has 1 aromatic heterocycles. The lowest BCUT2D eigenvalue weighted by Gasteiger charge is -2.38. The maximum Gasteiger partial charge on any atom is 0.247 e. The third-order valence-corrected chi connectivity index (χ3v) is 5.91. The second-order valence-electron chi connectivity index (χ2n) is 6.96. The number of fused-ring (bicyclic) bond motifs is 1. The molecule has 2 N–H and O–H groups in total. The number of nitrogens with zero attached hydrogens (tertiary/aromatic N) is 3. The number of hydrogen-bond donors (Lipinski definition) is 2. The first-order chi connectivity index (χ1) is 13.7. The molecule has 2 aliphatic rings. The van der Waals surface area contributed by atoms with E-state index >= 15 is 0 Å². The first kappa shape index (κ1) is 19.0. The van der Waals surface area contributed by atoms with Crippen molar-refractivity contribution in [2.45, 2.75) is 6.04 Å². The van der Waals surface area contributed by atoms with E-state index in [1.807, 2.05) is 35.7 Å². The van der Waals surface area contributed by atoms with Gasteiger partial charge in [-0.2, -0.15) is 0 Å². The van der Waals surface area contributed by atoms with Gasteiger partial charge in [-0.3, -0.25) is 14.5 Å². The SMILES string of the molecule is COCCN1CC(C(=O)Nc2nccs2)C2NN(c3ccccc3)C(=O)C2C1. The van der Waals surface area contributed by atoms with Crippen LogP contribution in [0.15, 0.2) is 41.9 Å². The van der Waals surface area contributed by atoms with E-state index in [4.69, 9.17) is 4.74 Å². The van der Waals surface area contributed by atoms with Crippen LogP contribution < -0.4 is 15.8 Å². The predicted octanol–water partition coefficient (Wildman–Crippen LogP) is 1.20. The molecule has 2 fully saturated rings. The van der Waals surface area contributed by atoms with Crippen molar-refractivity contribution in [2.24, 2.45) is 11.8 Å². The topological polar surface area (TPSA) is 86.8 Å². The molecule has 2 saturated heterocycles. The highest BCUT2D eigenvalue weighted by molar-refractivity contribution is 7.13. The normalized spacial score (nSPS) is 25.0. The van der Waals surface area contributed by atoms with Crippen LogP contribution in [-0.4, -0.2) is 61.1 Å². The summed E-state index contributed by atoms with van der Waals surface area (Å²) in [5.41, 5.74) is 4.08. The molecule has 28 heavy (non-hydrogen) atoms. The van der Waals surface area contributed by atoms with Gasteiger partial charge in [0.15, 0.2) is 5.13 Å². The van der Waals surface area contributed by atoms with E-state index in [9.17, 15) is 9.59 Å². The Balaban J connectivity index is 1.57. The summed E-state index contributed by atoms with van der Waals surface area (Å²) in [7, 11) is 1.65. The maximum atomic E-state index is 13.1. The molecule has 0 saturated carbocycles. The van der Waals surface area contributed by atoms with E-state index in [1.165, 1.54) is 11.3 Å². The Kier molecular flexibility index (Phi) is 5.67. The number of nitrogens with one attached hydrogen (secondary N) is 2. The quantitative estimate of drug-likeness (QED) is 0.756. The smallest absolute Gasteiger partial charge is 0.247 e. The van der Waals surface area contributed by atoms with Gasteiger partial charge >= 0.3 is 0 Å². The van der Waals surface area contributed by atoms with Crippen LogP contribution in [0.1, 0.15) is 0 Å². The number of carbonyl (C=O) groups excluding carboxylic acids is 2. The summed E-state index contributed by atoms with van der Waals surface area (Å²) >= 11 is 1.38. The lowest BCUT2D eigenvalue weighted by molar-refractivity contribution is -0.126. The molecule has 2 aromatic rings. The van der Waals surface area contributed by atoms with Crippen LogP contribution in [0, 0.1) is 11.8 Å². The molecule has 3 atom stereocenters. The van der Waals surface area contributed by atoms with Gasteiger partial charge < -0.3 is 10.1 Å². The standard InChI is InChI=1S/C19H23N5O3S/c1-27-9-8-23-11-14(17(25)21-19-20-7-10-28-19)16-15(12-23)18(26)24(22-16)13-5-3-2-4-6-13/h2-7,10,14-16,22H,8-9,11-12H2,1H3,(H,20,21,25). The molecule has 8 nitrogen and oxygen atoms in total. The lowest BCUT2D eigenvalue weighted by Crippen LogP contribution is -2.56. The summed E-state index contributed by atoms with van der Waals surface area (Å²) in [6, 6.07) is 9.21. The van der Waals surface area contributed by atoms with Gasteiger partial charge in [-0.15, -0.1) is 11.3 Å². The molecule has 3 unspecified atom stereocenters. The Hall–Kier alpha value is -2.33. The fourth-order valence-corrected chi connectivity index (χ4v) is 4.37. The molecule has 3 heterocycles. The van der Waals surface area contributed by atoms with Crippen LogP contribution in [0.5, 0.6) is 0 Å². The zero-order valence-corrected chi connectivity index (χ0v) is 16.4. The van der Waals surface area contributed by atoms with Crippen molar-refractivity contribution in [1.29, 1.82) is 0 Å². The van der Waals surface area contributed by atoms with Crippen molar-refractivity contribution >= 4 is 34.0 Å². The number of ether oxygens (including phenoxy) is 1. The maximum absolute atomic E-state index is 13.1. The highest BCUT2D eigenvalue weighted by Gasteiger charge is 2.50.